The van der Waals surface area contributed by atoms with Gasteiger partial charge in [-0.3, -0.25) is 14.9 Å². The number of hydrogen-bond donors (Lipinski definition) is 1. The molecule has 1 saturated heterocycles. The van der Waals surface area contributed by atoms with E-state index in [1.165, 1.54) is 24.5 Å². The highest BCUT2D eigenvalue weighted by molar-refractivity contribution is 6.32. The first-order valence-corrected chi connectivity index (χ1v) is 8.32. The maximum atomic E-state index is 12.4. The van der Waals surface area contributed by atoms with Crippen LogP contribution in [-0.4, -0.2) is 58.9 Å². The Morgan fingerprint density at radius 1 is 1.23 bits per heavy atom. The second kappa shape index (κ2) is 7.63. The van der Waals surface area contributed by atoms with E-state index in [0.29, 0.717) is 5.82 Å². The minimum atomic E-state index is -0.603. The summed E-state index contributed by atoms with van der Waals surface area (Å²) in [6, 6.07) is 5.69. The highest BCUT2D eigenvalue weighted by atomic mass is 35.5. The summed E-state index contributed by atoms with van der Waals surface area (Å²) >= 11 is 5.78. The van der Waals surface area contributed by atoms with Crippen LogP contribution in [0.1, 0.15) is 10.5 Å². The van der Waals surface area contributed by atoms with Crippen molar-refractivity contribution in [2.75, 3.05) is 43.4 Å². The normalized spacial score (nSPS) is 14.9. The molecule has 9 nitrogen and oxygen atoms in total. The van der Waals surface area contributed by atoms with Crippen LogP contribution in [-0.2, 0) is 0 Å². The molecule has 0 atom stereocenters. The molecule has 1 amide bonds. The Morgan fingerprint density at radius 2 is 1.96 bits per heavy atom. The van der Waals surface area contributed by atoms with Crippen molar-refractivity contribution in [2.24, 2.45) is 0 Å². The van der Waals surface area contributed by atoms with Crippen LogP contribution in [0.2, 0.25) is 5.02 Å². The second-order valence-electron chi connectivity index (χ2n) is 5.93. The van der Waals surface area contributed by atoms with Crippen LogP contribution in [0.5, 0.6) is 0 Å². The summed E-state index contributed by atoms with van der Waals surface area (Å²) in [5, 5.41) is 13.6. The van der Waals surface area contributed by atoms with Gasteiger partial charge in [0, 0.05) is 44.0 Å². The number of likely N-dealkylation sites (N-methyl/N-ethyl adjacent to an activating group) is 1. The number of benzene rings is 1. The number of amides is 1. The van der Waals surface area contributed by atoms with E-state index in [1.807, 2.05) is 0 Å². The number of nitrogens with zero attached hydrogens (tertiary/aromatic N) is 5. The molecule has 0 unspecified atom stereocenters. The molecule has 2 aromatic rings. The second-order valence-corrected chi connectivity index (χ2v) is 6.34. The average molecular weight is 377 g/mol. The Labute approximate surface area is 154 Å². The van der Waals surface area contributed by atoms with Crippen molar-refractivity contribution in [2.45, 2.75) is 0 Å². The lowest BCUT2D eigenvalue weighted by molar-refractivity contribution is -0.384. The van der Waals surface area contributed by atoms with Crippen LogP contribution >= 0.6 is 11.6 Å². The van der Waals surface area contributed by atoms with Gasteiger partial charge >= 0.3 is 0 Å². The van der Waals surface area contributed by atoms with E-state index in [9.17, 15) is 14.9 Å². The minimum absolute atomic E-state index is 0.00684. The summed E-state index contributed by atoms with van der Waals surface area (Å²) in [4.78, 5) is 35.3. The van der Waals surface area contributed by atoms with Crippen LogP contribution in [0, 0.1) is 10.1 Å². The van der Waals surface area contributed by atoms with E-state index in [1.54, 1.807) is 6.07 Å². The Bertz CT molecular complexity index is 838. The van der Waals surface area contributed by atoms with Crippen LogP contribution in [0.3, 0.4) is 0 Å². The number of aromatic nitrogens is 2. The van der Waals surface area contributed by atoms with E-state index in [4.69, 9.17) is 11.6 Å². The predicted molar refractivity (Wildman–Crippen MR) is 97.8 cm³/mol. The minimum Gasteiger partial charge on any atom is -0.354 e. The summed E-state index contributed by atoms with van der Waals surface area (Å²) in [7, 11) is 2.06. The van der Waals surface area contributed by atoms with Gasteiger partial charge in [-0.05, 0) is 19.2 Å². The van der Waals surface area contributed by atoms with Crippen LogP contribution < -0.4 is 10.2 Å². The van der Waals surface area contributed by atoms with Gasteiger partial charge in [-0.1, -0.05) is 11.6 Å². The molecule has 1 aliphatic heterocycles. The number of nitro benzene ring substituents is 1. The summed E-state index contributed by atoms with van der Waals surface area (Å²) < 4.78 is 0. The van der Waals surface area contributed by atoms with Gasteiger partial charge in [0.05, 0.1) is 4.92 Å². The van der Waals surface area contributed by atoms with Gasteiger partial charge in [0.15, 0.2) is 0 Å². The highest BCUT2D eigenvalue weighted by Crippen LogP contribution is 2.27. The van der Waals surface area contributed by atoms with Crippen LogP contribution in [0.25, 0.3) is 0 Å². The van der Waals surface area contributed by atoms with Crippen molar-refractivity contribution >= 4 is 34.7 Å². The molecule has 10 heteroatoms. The molecule has 3 rings (SSSR count). The molecule has 0 radical (unpaired) electrons. The number of nitro groups is 1. The monoisotopic (exact) mass is 376 g/mol. The fraction of sp³-hybridized carbons (Fsp3) is 0.312. The molecule has 1 N–H and O–H groups in total. The smallest absolute Gasteiger partial charge is 0.289 e. The van der Waals surface area contributed by atoms with Gasteiger partial charge in [-0.25, -0.2) is 9.97 Å². The zero-order chi connectivity index (χ0) is 18.7. The number of anilines is 2. The van der Waals surface area contributed by atoms with Gasteiger partial charge < -0.3 is 15.1 Å². The Kier molecular flexibility index (Phi) is 5.29. The zero-order valence-corrected chi connectivity index (χ0v) is 14.8. The Hall–Kier alpha value is -2.78. The number of carbonyl (C=O) groups excluding carboxylic acids is 1. The predicted octanol–water partition coefficient (Wildman–Crippen LogP) is 2.04. The molecule has 2 heterocycles. The third-order valence-corrected chi connectivity index (χ3v) is 4.43. The third-order valence-electron chi connectivity index (χ3n) is 4.11. The molecule has 0 saturated carbocycles. The molecule has 0 spiro atoms. The summed E-state index contributed by atoms with van der Waals surface area (Å²) in [6.45, 7) is 3.47. The number of nitrogens with one attached hydrogen (secondary N) is 1. The van der Waals surface area contributed by atoms with Crippen molar-refractivity contribution in [3.63, 3.8) is 0 Å². The molecule has 136 valence electrons. The lowest BCUT2D eigenvalue weighted by Gasteiger charge is -2.33. The van der Waals surface area contributed by atoms with Gasteiger partial charge in [0.1, 0.15) is 22.9 Å². The largest absolute Gasteiger partial charge is 0.354 e. The molecule has 1 aromatic heterocycles. The standard InChI is InChI=1S/C16H17ClN6O3/c1-21-4-6-22(7-5-21)15-9-13(18-10-19-15)16(24)20-11-2-3-12(17)14(8-11)23(25)26/h2-3,8-10H,4-7H2,1H3,(H,20,24). The molecule has 1 aromatic carbocycles. The van der Waals surface area contributed by atoms with E-state index in [-0.39, 0.29) is 22.1 Å². The number of carbonyl (C=O) groups is 1. The van der Waals surface area contributed by atoms with Gasteiger partial charge in [0.25, 0.3) is 11.6 Å². The van der Waals surface area contributed by atoms with Crippen molar-refractivity contribution < 1.29 is 9.72 Å². The summed E-state index contributed by atoms with van der Waals surface area (Å²) in [5.74, 6) is 0.208. The van der Waals surface area contributed by atoms with Crippen molar-refractivity contribution in [3.8, 4) is 0 Å². The fourth-order valence-electron chi connectivity index (χ4n) is 2.61. The van der Waals surface area contributed by atoms with Gasteiger partial charge in [0.2, 0.25) is 0 Å². The maximum Gasteiger partial charge on any atom is 0.289 e. The molecular formula is C16H17ClN6O3. The lowest BCUT2D eigenvalue weighted by atomic mass is 10.2. The zero-order valence-electron chi connectivity index (χ0n) is 14.1. The Morgan fingerprint density at radius 3 is 2.65 bits per heavy atom. The molecule has 1 fully saturated rings. The van der Waals surface area contributed by atoms with Crippen LogP contribution in [0.4, 0.5) is 17.2 Å². The maximum absolute atomic E-state index is 12.4. The quantitative estimate of drug-likeness (QED) is 0.643. The van der Waals surface area contributed by atoms with Gasteiger partial charge in [-0.2, -0.15) is 0 Å². The number of hydrogen-bond acceptors (Lipinski definition) is 7. The number of halogens is 1. The van der Waals surface area contributed by atoms with Gasteiger partial charge in [-0.15, -0.1) is 0 Å². The van der Waals surface area contributed by atoms with E-state index in [2.05, 4.69) is 32.1 Å². The lowest BCUT2D eigenvalue weighted by Crippen LogP contribution is -2.44. The average Bonchev–Trinajstić information content (AvgIpc) is 2.64. The number of piperazine rings is 1. The first-order chi connectivity index (χ1) is 12.4. The molecule has 0 aliphatic carbocycles. The molecule has 0 bridgehead atoms. The van der Waals surface area contributed by atoms with E-state index in [0.717, 1.165) is 26.2 Å². The van der Waals surface area contributed by atoms with Crippen molar-refractivity contribution in [3.05, 3.63) is 51.4 Å². The third kappa shape index (κ3) is 4.06. The first-order valence-electron chi connectivity index (χ1n) is 7.95. The molecular weight excluding hydrogens is 360 g/mol. The number of rotatable bonds is 4. The molecule has 26 heavy (non-hydrogen) atoms. The SMILES string of the molecule is CN1CCN(c2cc(C(=O)Nc3ccc(Cl)c([N+](=O)[O-])c3)ncn2)CC1. The van der Waals surface area contributed by atoms with Crippen molar-refractivity contribution in [1.82, 2.24) is 14.9 Å². The fourth-order valence-corrected chi connectivity index (χ4v) is 2.79. The first kappa shape index (κ1) is 18.0. The Balaban J connectivity index is 1.75. The molecule has 1 aliphatic rings. The summed E-state index contributed by atoms with van der Waals surface area (Å²) in [6.07, 6.45) is 1.34. The van der Waals surface area contributed by atoms with E-state index < -0.39 is 10.8 Å². The summed E-state index contributed by atoms with van der Waals surface area (Å²) in [5.41, 5.74) is 0.183. The van der Waals surface area contributed by atoms with Crippen molar-refractivity contribution in [1.29, 1.82) is 0 Å². The van der Waals surface area contributed by atoms with E-state index >= 15 is 0 Å². The highest BCUT2D eigenvalue weighted by Gasteiger charge is 2.18. The topological polar surface area (TPSA) is 104 Å². The van der Waals surface area contributed by atoms with Crippen LogP contribution in [0.15, 0.2) is 30.6 Å².